The lowest BCUT2D eigenvalue weighted by molar-refractivity contribution is 0.366. The molecule has 5 heterocycles. The van der Waals surface area contributed by atoms with E-state index >= 15 is 0 Å². The van der Waals surface area contributed by atoms with Gasteiger partial charge in [0.25, 0.3) is 0 Å². The first kappa shape index (κ1) is 17.3. The summed E-state index contributed by atoms with van der Waals surface area (Å²) in [4.78, 5) is 27.5. The van der Waals surface area contributed by atoms with E-state index in [0.29, 0.717) is 5.88 Å². The van der Waals surface area contributed by atoms with E-state index in [0.717, 1.165) is 57.9 Å². The fourth-order valence-electron chi connectivity index (χ4n) is 3.85. The first-order valence-corrected chi connectivity index (χ1v) is 10.1. The number of aromatic nitrogens is 5. The van der Waals surface area contributed by atoms with Crippen molar-refractivity contribution in [3.8, 4) is 16.5 Å². The van der Waals surface area contributed by atoms with E-state index in [9.17, 15) is 4.79 Å². The number of thiazole rings is 1. The number of piperidine rings is 1. The molecule has 4 aromatic rings. The predicted octanol–water partition coefficient (Wildman–Crippen LogP) is 2.34. The van der Waals surface area contributed by atoms with Gasteiger partial charge in [-0.05, 0) is 32.0 Å². The number of nitrogens with zero attached hydrogens (tertiary/aromatic N) is 5. The highest BCUT2D eigenvalue weighted by molar-refractivity contribution is 7.21. The van der Waals surface area contributed by atoms with Gasteiger partial charge >= 0.3 is 5.69 Å². The number of aryl methyl sites for hydroxylation is 1. The van der Waals surface area contributed by atoms with Gasteiger partial charge in [0.1, 0.15) is 20.9 Å². The second-order valence-corrected chi connectivity index (χ2v) is 7.92. The molecule has 1 fully saturated rings. The standard InChI is InChI=1S/C19H20N6O2S/c1-24-13-10-22-18-15(16(13)25(19(24)26)12-5-7-20-8-6-12)23-17(28-18)11-3-4-14(27-2)21-9-11/h3-4,9-10,12,20H,5-8H2,1-2H3. The molecule has 0 amide bonds. The summed E-state index contributed by atoms with van der Waals surface area (Å²) >= 11 is 1.51. The number of rotatable bonds is 3. The van der Waals surface area contributed by atoms with Crippen molar-refractivity contribution in [3.05, 3.63) is 35.0 Å². The van der Waals surface area contributed by atoms with Crippen LogP contribution in [-0.2, 0) is 7.05 Å². The summed E-state index contributed by atoms with van der Waals surface area (Å²) in [5, 5.41) is 4.20. The molecule has 5 rings (SSSR count). The van der Waals surface area contributed by atoms with Crippen molar-refractivity contribution in [1.29, 1.82) is 0 Å². The Morgan fingerprint density at radius 3 is 2.75 bits per heavy atom. The molecule has 0 spiro atoms. The first-order chi connectivity index (χ1) is 13.7. The van der Waals surface area contributed by atoms with Crippen molar-refractivity contribution >= 4 is 32.7 Å². The van der Waals surface area contributed by atoms with Crippen LogP contribution in [0.1, 0.15) is 18.9 Å². The van der Waals surface area contributed by atoms with E-state index in [4.69, 9.17) is 9.72 Å². The molecule has 0 aliphatic carbocycles. The largest absolute Gasteiger partial charge is 0.481 e. The average molecular weight is 396 g/mol. The molecule has 1 saturated heterocycles. The molecule has 0 saturated carbocycles. The number of hydrogen-bond acceptors (Lipinski definition) is 7. The van der Waals surface area contributed by atoms with Gasteiger partial charge in [0.2, 0.25) is 5.88 Å². The highest BCUT2D eigenvalue weighted by atomic mass is 32.1. The van der Waals surface area contributed by atoms with Crippen LogP contribution in [0.3, 0.4) is 0 Å². The van der Waals surface area contributed by atoms with Gasteiger partial charge in [-0.15, -0.1) is 0 Å². The third kappa shape index (κ3) is 2.61. The quantitative estimate of drug-likeness (QED) is 0.572. The third-order valence-corrected chi connectivity index (χ3v) is 6.35. The summed E-state index contributed by atoms with van der Waals surface area (Å²) in [6, 6.07) is 3.93. The summed E-state index contributed by atoms with van der Waals surface area (Å²) in [5.74, 6) is 0.563. The van der Waals surface area contributed by atoms with Crippen molar-refractivity contribution in [2.45, 2.75) is 18.9 Å². The lowest BCUT2D eigenvalue weighted by Crippen LogP contribution is -2.34. The van der Waals surface area contributed by atoms with Crippen LogP contribution in [0.2, 0.25) is 0 Å². The second kappa shape index (κ2) is 6.68. The minimum Gasteiger partial charge on any atom is -0.481 e. The number of pyridine rings is 2. The summed E-state index contributed by atoms with van der Waals surface area (Å²) in [6.07, 6.45) is 5.40. The smallest absolute Gasteiger partial charge is 0.329 e. The van der Waals surface area contributed by atoms with E-state index in [1.54, 1.807) is 31.1 Å². The molecule has 0 bridgehead atoms. The maximum Gasteiger partial charge on any atom is 0.329 e. The molecule has 9 heteroatoms. The SMILES string of the molecule is COc1ccc(-c2nc3c(ncc4c3n(C3CCNCC3)c(=O)n4C)s2)cn1. The molecule has 0 aromatic carbocycles. The van der Waals surface area contributed by atoms with E-state index in [2.05, 4.69) is 15.3 Å². The number of imidazole rings is 1. The normalized spacial score (nSPS) is 15.5. The third-order valence-electron chi connectivity index (χ3n) is 5.34. The molecule has 1 aliphatic rings. The van der Waals surface area contributed by atoms with Crippen LogP contribution in [0.15, 0.2) is 29.3 Å². The van der Waals surface area contributed by atoms with Crippen LogP contribution in [0.4, 0.5) is 0 Å². The topological polar surface area (TPSA) is 86.9 Å². The Morgan fingerprint density at radius 2 is 2.04 bits per heavy atom. The zero-order valence-corrected chi connectivity index (χ0v) is 16.5. The highest BCUT2D eigenvalue weighted by Gasteiger charge is 2.24. The van der Waals surface area contributed by atoms with Crippen molar-refractivity contribution in [2.75, 3.05) is 20.2 Å². The lowest BCUT2D eigenvalue weighted by atomic mass is 10.1. The summed E-state index contributed by atoms with van der Waals surface area (Å²) in [7, 11) is 3.40. The minimum absolute atomic E-state index is 0.00290. The number of methoxy groups -OCH3 is 1. The number of hydrogen-bond donors (Lipinski definition) is 1. The fourth-order valence-corrected chi connectivity index (χ4v) is 4.76. The molecule has 1 N–H and O–H groups in total. The van der Waals surface area contributed by atoms with E-state index in [1.165, 1.54) is 11.3 Å². The van der Waals surface area contributed by atoms with Gasteiger partial charge in [-0.2, -0.15) is 0 Å². The van der Waals surface area contributed by atoms with Gasteiger partial charge in [-0.1, -0.05) is 11.3 Å². The molecular formula is C19H20N6O2S. The van der Waals surface area contributed by atoms with Crippen LogP contribution in [-0.4, -0.2) is 44.3 Å². The summed E-state index contributed by atoms with van der Waals surface area (Å²) in [6.45, 7) is 1.84. The average Bonchev–Trinajstić information content (AvgIpc) is 3.28. The van der Waals surface area contributed by atoms with Gasteiger partial charge in [0.15, 0.2) is 0 Å². The highest BCUT2D eigenvalue weighted by Crippen LogP contribution is 2.34. The van der Waals surface area contributed by atoms with Gasteiger partial charge in [0, 0.05) is 30.9 Å². The molecule has 4 aromatic heterocycles. The predicted molar refractivity (Wildman–Crippen MR) is 109 cm³/mol. The maximum atomic E-state index is 13.0. The molecule has 0 unspecified atom stereocenters. The summed E-state index contributed by atoms with van der Waals surface area (Å²) < 4.78 is 8.74. The van der Waals surface area contributed by atoms with Gasteiger partial charge in [-0.25, -0.2) is 19.7 Å². The molecule has 1 aliphatic heterocycles. The Bertz CT molecular complexity index is 1220. The fraction of sp³-hybridized carbons (Fsp3) is 0.368. The van der Waals surface area contributed by atoms with Crippen LogP contribution in [0.25, 0.3) is 32.0 Å². The Morgan fingerprint density at radius 1 is 1.21 bits per heavy atom. The lowest BCUT2D eigenvalue weighted by Gasteiger charge is -2.23. The molecule has 0 atom stereocenters. The van der Waals surface area contributed by atoms with E-state index in [1.807, 2.05) is 16.7 Å². The van der Waals surface area contributed by atoms with Crippen LogP contribution in [0.5, 0.6) is 5.88 Å². The Balaban J connectivity index is 1.73. The monoisotopic (exact) mass is 396 g/mol. The number of fused-ring (bicyclic) bond motifs is 3. The van der Waals surface area contributed by atoms with Crippen LogP contribution < -0.4 is 15.7 Å². The zero-order chi connectivity index (χ0) is 19.3. The minimum atomic E-state index is -0.00290. The Kier molecular flexibility index (Phi) is 4.13. The van der Waals surface area contributed by atoms with Gasteiger partial charge in [-0.3, -0.25) is 9.13 Å². The second-order valence-electron chi connectivity index (χ2n) is 6.95. The van der Waals surface area contributed by atoms with Crippen molar-refractivity contribution in [1.82, 2.24) is 29.4 Å². The molecule has 144 valence electrons. The van der Waals surface area contributed by atoms with Gasteiger partial charge < -0.3 is 10.1 Å². The molecular weight excluding hydrogens is 376 g/mol. The van der Waals surface area contributed by atoms with Gasteiger partial charge in [0.05, 0.1) is 18.8 Å². The van der Waals surface area contributed by atoms with Crippen molar-refractivity contribution in [3.63, 3.8) is 0 Å². The van der Waals surface area contributed by atoms with Crippen molar-refractivity contribution < 1.29 is 4.74 Å². The molecule has 28 heavy (non-hydrogen) atoms. The van der Waals surface area contributed by atoms with Crippen molar-refractivity contribution in [2.24, 2.45) is 7.05 Å². The van der Waals surface area contributed by atoms with E-state index < -0.39 is 0 Å². The van der Waals surface area contributed by atoms with E-state index in [-0.39, 0.29) is 11.7 Å². The van der Waals surface area contributed by atoms with Crippen LogP contribution in [0, 0.1) is 0 Å². The first-order valence-electron chi connectivity index (χ1n) is 9.25. The Labute approximate surface area is 164 Å². The molecule has 8 nitrogen and oxygen atoms in total. The zero-order valence-electron chi connectivity index (χ0n) is 15.7. The summed E-state index contributed by atoms with van der Waals surface area (Å²) in [5.41, 5.74) is 3.39. The number of ether oxygens (including phenoxy) is 1. The Hall–Kier alpha value is -2.78. The maximum absolute atomic E-state index is 13.0. The molecule has 0 radical (unpaired) electrons. The number of nitrogens with one attached hydrogen (secondary N) is 1. The van der Waals surface area contributed by atoms with Crippen LogP contribution >= 0.6 is 11.3 Å².